The molecule has 1 unspecified atom stereocenters. The molecular weight excluding hydrogens is 198 g/mol. The Labute approximate surface area is 97.2 Å². The van der Waals surface area contributed by atoms with Crippen molar-refractivity contribution in [3.8, 4) is 5.75 Å². The van der Waals surface area contributed by atoms with Gasteiger partial charge in [0.05, 0.1) is 12.2 Å². The van der Waals surface area contributed by atoms with Crippen LogP contribution in [-0.2, 0) is 0 Å². The van der Waals surface area contributed by atoms with E-state index in [-0.39, 0.29) is 0 Å². The van der Waals surface area contributed by atoms with E-state index in [9.17, 15) is 0 Å². The Balaban J connectivity index is 1.93. The van der Waals surface area contributed by atoms with E-state index in [0.717, 1.165) is 18.3 Å². The molecule has 0 saturated heterocycles. The van der Waals surface area contributed by atoms with Gasteiger partial charge in [-0.2, -0.15) is 0 Å². The third-order valence-corrected chi connectivity index (χ3v) is 3.72. The summed E-state index contributed by atoms with van der Waals surface area (Å²) < 4.78 is 5.88. The van der Waals surface area contributed by atoms with E-state index in [0.29, 0.717) is 6.10 Å². The van der Waals surface area contributed by atoms with Crippen LogP contribution in [0.3, 0.4) is 0 Å². The molecule has 1 aliphatic heterocycles. The summed E-state index contributed by atoms with van der Waals surface area (Å²) in [7, 11) is 0. The highest BCUT2D eigenvalue weighted by atomic mass is 16.5. The lowest BCUT2D eigenvalue weighted by atomic mass is 10.1. The van der Waals surface area contributed by atoms with Gasteiger partial charge in [0.25, 0.3) is 0 Å². The van der Waals surface area contributed by atoms with Crippen LogP contribution in [-0.4, -0.2) is 18.7 Å². The van der Waals surface area contributed by atoms with Crippen LogP contribution in [0.2, 0.25) is 0 Å². The van der Waals surface area contributed by atoms with E-state index >= 15 is 0 Å². The van der Waals surface area contributed by atoms with E-state index in [4.69, 9.17) is 4.74 Å². The normalized spacial score (nSPS) is 25.3. The first-order chi connectivity index (χ1) is 7.84. The first kappa shape index (κ1) is 10.0. The lowest BCUT2D eigenvalue weighted by Crippen LogP contribution is -2.43. The third kappa shape index (κ3) is 1.66. The summed E-state index contributed by atoms with van der Waals surface area (Å²) in [6.45, 7) is 3.21. The van der Waals surface area contributed by atoms with E-state index < -0.39 is 0 Å². The van der Waals surface area contributed by atoms with E-state index in [2.05, 4.69) is 36.1 Å². The van der Waals surface area contributed by atoms with Crippen molar-refractivity contribution < 1.29 is 4.74 Å². The van der Waals surface area contributed by atoms with Gasteiger partial charge in [-0.3, -0.25) is 0 Å². The van der Waals surface area contributed by atoms with Crippen LogP contribution in [0.25, 0.3) is 0 Å². The van der Waals surface area contributed by atoms with Gasteiger partial charge in [-0.25, -0.2) is 0 Å². The van der Waals surface area contributed by atoms with Crippen molar-refractivity contribution in [1.29, 1.82) is 0 Å². The molecule has 0 amide bonds. The van der Waals surface area contributed by atoms with Gasteiger partial charge in [0.15, 0.2) is 0 Å². The topological polar surface area (TPSA) is 12.5 Å². The van der Waals surface area contributed by atoms with Crippen molar-refractivity contribution in [2.24, 2.45) is 0 Å². The van der Waals surface area contributed by atoms with E-state index in [1.165, 1.54) is 31.4 Å². The lowest BCUT2D eigenvalue weighted by Gasteiger charge is -2.38. The van der Waals surface area contributed by atoms with Crippen molar-refractivity contribution >= 4 is 5.69 Å². The maximum absolute atomic E-state index is 5.88. The number of hydrogen-bond acceptors (Lipinski definition) is 2. The van der Waals surface area contributed by atoms with Crippen molar-refractivity contribution in [1.82, 2.24) is 0 Å². The smallest absolute Gasteiger partial charge is 0.143 e. The molecule has 2 nitrogen and oxygen atoms in total. The molecule has 3 rings (SSSR count). The minimum Gasteiger partial charge on any atom is -0.487 e. The van der Waals surface area contributed by atoms with Gasteiger partial charge >= 0.3 is 0 Å². The monoisotopic (exact) mass is 217 g/mol. The zero-order valence-electron chi connectivity index (χ0n) is 9.86. The highest BCUT2D eigenvalue weighted by molar-refractivity contribution is 5.60. The second-order valence-corrected chi connectivity index (χ2v) is 4.99. The molecule has 0 spiro atoms. The molecule has 1 aliphatic carbocycles. The van der Waals surface area contributed by atoms with Crippen LogP contribution in [0.5, 0.6) is 5.75 Å². The van der Waals surface area contributed by atoms with Crippen molar-refractivity contribution in [2.45, 2.75) is 44.8 Å². The van der Waals surface area contributed by atoms with Crippen LogP contribution in [0.15, 0.2) is 24.3 Å². The summed E-state index contributed by atoms with van der Waals surface area (Å²) in [4.78, 5) is 2.57. The molecule has 1 atom stereocenters. The number of benzene rings is 1. The van der Waals surface area contributed by atoms with Gasteiger partial charge in [0.2, 0.25) is 0 Å². The number of fused-ring (bicyclic) bond motifs is 1. The first-order valence-corrected chi connectivity index (χ1v) is 6.37. The van der Waals surface area contributed by atoms with Gasteiger partial charge in [-0.1, -0.05) is 25.0 Å². The molecule has 0 N–H and O–H groups in total. The molecule has 0 bridgehead atoms. The van der Waals surface area contributed by atoms with Crippen molar-refractivity contribution in [3.05, 3.63) is 24.3 Å². The number of rotatable bonds is 1. The number of ether oxygens (including phenoxy) is 1. The Bertz CT molecular complexity index is 371. The van der Waals surface area contributed by atoms with E-state index in [1.807, 2.05) is 0 Å². The average Bonchev–Trinajstić information content (AvgIpc) is 2.81. The Morgan fingerprint density at radius 1 is 1.19 bits per heavy atom. The number of nitrogens with zero attached hydrogens (tertiary/aromatic N) is 1. The minimum atomic E-state index is 0.315. The largest absolute Gasteiger partial charge is 0.487 e. The van der Waals surface area contributed by atoms with Crippen molar-refractivity contribution in [3.63, 3.8) is 0 Å². The van der Waals surface area contributed by atoms with Crippen LogP contribution >= 0.6 is 0 Å². The van der Waals surface area contributed by atoms with Gasteiger partial charge in [-0.15, -0.1) is 0 Å². The summed E-state index contributed by atoms with van der Waals surface area (Å²) in [6, 6.07) is 9.20. The molecule has 2 aliphatic rings. The second-order valence-electron chi connectivity index (χ2n) is 4.99. The molecule has 1 aromatic carbocycles. The predicted molar refractivity (Wildman–Crippen MR) is 66.1 cm³/mol. The Morgan fingerprint density at radius 3 is 2.75 bits per heavy atom. The second kappa shape index (κ2) is 4.00. The van der Waals surface area contributed by atoms with Gasteiger partial charge in [0.1, 0.15) is 11.9 Å². The van der Waals surface area contributed by atoms with Gasteiger partial charge in [-0.05, 0) is 31.9 Å². The van der Waals surface area contributed by atoms with Crippen LogP contribution in [0, 0.1) is 0 Å². The summed E-state index contributed by atoms with van der Waals surface area (Å²) in [6.07, 6.45) is 5.79. The summed E-state index contributed by atoms with van der Waals surface area (Å²) in [5.41, 5.74) is 1.30. The van der Waals surface area contributed by atoms with Gasteiger partial charge in [0, 0.05) is 6.04 Å². The predicted octanol–water partition coefficient (Wildman–Crippen LogP) is 3.22. The number of para-hydroxylation sites is 2. The molecule has 86 valence electrons. The maximum Gasteiger partial charge on any atom is 0.143 e. The summed E-state index contributed by atoms with van der Waals surface area (Å²) in [5.74, 6) is 1.06. The molecule has 0 radical (unpaired) electrons. The SMILES string of the molecule is CC1CN(C2CCCC2)c2ccccc2O1. The molecule has 16 heavy (non-hydrogen) atoms. The third-order valence-electron chi connectivity index (χ3n) is 3.72. The molecule has 0 aromatic heterocycles. The fraction of sp³-hybridized carbons (Fsp3) is 0.571. The fourth-order valence-electron chi connectivity index (χ4n) is 2.99. The molecule has 1 heterocycles. The number of anilines is 1. The zero-order valence-corrected chi connectivity index (χ0v) is 9.86. The maximum atomic E-state index is 5.88. The molecule has 2 heteroatoms. The number of hydrogen-bond donors (Lipinski definition) is 0. The Morgan fingerprint density at radius 2 is 1.94 bits per heavy atom. The quantitative estimate of drug-likeness (QED) is 0.716. The van der Waals surface area contributed by atoms with Crippen LogP contribution in [0.1, 0.15) is 32.6 Å². The Hall–Kier alpha value is -1.18. The lowest BCUT2D eigenvalue weighted by molar-refractivity contribution is 0.207. The summed E-state index contributed by atoms with van der Waals surface area (Å²) >= 11 is 0. The zero-order chi connectivity index (χ0) is 11.0. The molecular formula is C14H19NO. The molecule has 1 saturated carbocycles. The van der Waals surface area contributed by atoms with Crippen molar-refractivity contribution in [2.75, 3.05) is 11.4 Å². The standard InChI is InChI=1S/C14H19NO/c1-11-10-15(12-6-2-3-7-12)13-8-4-5-9-14(13)16-11/h4-5,8-9,11-12H,2-3,6-7,10H2,1H3. The van der Waals surface area contributed by atoms with Gasteiger partial charge < -0.3 is 9.64 Å². The Kier molecular flexibility index (Phi) is 2.50. The average molecular weight is 217 g/mol. The summed E-state index contributed by atoms with van der Waals surface area (Å²) in [5, 5.41) is 0. The first-order valence-electron chi connectivity index (χ1n) is 6.37. The fourth-order valence-corrected chi connectivity index (χ4v) is 2.99. The van der Waals surface area contributed by atoms with Crippen LogP contribution < -0.4 is 9.64 Å². The van der Waals surface area contributed by atoms with E-state index in [1.54, 1.807) is 0 Å². The molecule has 1 aromatic rings. The highest BCUT2D eigenvalue weighted by Gasteiger charge is 2.29. The minimum absolute atomic E-state index is 0.315. The highest BCUT2D eigenvalue weighted by Crippen LogP contribution is 2.37. The van der Waals surface area contributed by atoms with Crippen LogP contribution in [0.4, 0.5) is 5.69 Å². The molecule has 1 fully saturated rings.